The van der Waals surface area contributed by atoms with Crippen LogP contribution in [0.25, 0.3) is 5.69 Å². The first-order valence-corrected chi connectivity index (χ1v) is 11.2. The Morgan fingerprint density at radius 3 is 2.83 bits per heavy atom. The second-order valence-corrected chi connectivity index (χ2v) is 9.57. The van der Waals surface area contributed by atoms with Crippen molar-refractivity contribution in [2.24, 2.45) is 0 Å². The largest absolute Gasteiger partial charge is 0.368 e. The van der Waals surface area contributed by atoms with E-state index in [1.54, 1.807) is 27.4 Å². The average molecular weight is 414 g/mol. The molecule has 0 aliphatic carbocycles. The number of H-pyrrole nitrogens is 1. The van der Waals surface area contributed by atoms with Gasteiger partial charge in [0.25, 0.3) is 0 Å². The monoisotopic (exact) mass is 413 g/mol. The fraction of sp³-hybridized carbons (Fsp3) is 0.400. The van der Waals surface area contributed by atoms with Crippen molar-refractivity contribution in [2.75, 3.05) is 19.7 Å². The van der Waals surface area contributed by atoms with Crippen LogP contribution in [0.3, 0.4) is 0 Å². The van der Waals surface area contributed by atoms with Crippen molar-refractivity contribution < 1.29 is 13.2 Å². The van der Waals surface area contributed by atoms with E-state index in [0.29, 0.717) is 37.4 Å². The lowest BCUT2D eigenvalue weighted by Crippen LogP contribution is -2.48. The molecule has 2 aromatic heterocycles. The lowest BCUT2D eigenvalue weighted by Gasteiger charge is -2.42. The van der Waals surface area contributed by atoms with Crippen LogP contribution in [0, 0.1) is 6.92 Å². The number of sulfonamides is 1. The highest BCUT2D eigenvalue weighted by molar-refractivity contribution is 7.89. The summed E-state index contributed by atoms with van der Waals surface area (Å²) in [6, 6.07) is 7.22. The van der Waals surface area contributed by atoms with Gasteiger partial charge in [0.05, 0.1) is 29.1 Å². The molecule has 1 aromatic carbocycles. The van der Waals surface area contributed by atoms with Crippen LogP contribution in [0.15, 0.2) is 47.8 Å². The van der Waals surface area contributed by atoms with Crippen LogP contribution in [0.1, 0.15) is 29.7 Å². The number of aryl methyl sites for hydroxylation is 1. The van der Waals surface area contributed by atoms with E-state index in [-0.39, 0.29) is 0 Å². The fourth-order valence-electron chi connectivity index (χ4n) is 4.38. The molecule has 1 fully saturated rings. The Kier molecular flexibility index (Phi) is 4.34. The van der Waals surface area contributed by atoms with Gasteiger partial charge in [0.15, 0.2) is 0 Å². The van der Waals surface area contributed by atoms with Crippen molar-refractivity contribution in [3.63, 3.8) is 0 Å². The Labute approximate surface area is 169 Å². The number of benzene rings is 1. The summed E-state index contributed by atoms with van der Waals surface area (Å²) in [5, 5.41) is 11.5. The maximum absolute atomic E-state index is 13.4. The van der Waals surface area contributed by atoms with Crippen molar-refractivity contribution >= 4 is 10.0 Å². The molecule has 1 spiro atoms. The van der Waals surface area contributed by atoms with Crippen LogP contribution in [0.5, 0.6) is 0 Å². The Bertz CT molecular complexity index is 1130. The molecule has 152 valence electrons. The van der Waals surface area contributed by atoms with Gasteiger partial charge in [-0.05, 0) is 55.5 Å². The predicted molar refractivity (Wildman–Crippen MR) is 106 cm³/mol. The van der Waals surface area contributed by atoms with Crippen LogP contribution in [-0.4, -0.2) is 52.4 Å². The Balaban J connectivity index is 1.42. The molecule has 4 heterocycles. The molecule has 1 N–H and O–H groups in total. The van der Waals surface area contributed by atoms with Gasteiger partial charge in [-0.25, -0.2) is 13.1 Å². The van der Waals surface area contributed by atoms with E-state index in [2.05, 4.69) is 15.3 Å². The summed E-state index contributed by atoms with van der Waals surface area (Å²) in [5.74, 6) is 0. The van der Waals surface area contributed by atoms with Crippen molar-refractivity contribution in [3.05, 3.63) is 59.7 Å². The van der Waals surface area contributed by atoms with Crippen LogP contribution in [0.2, 0.25) is 0 Å². The summed E-state index contributed by atoms with van der Waals surface area (Å²) in [4.78, 5) is 0.327. The lowest BCUT2D eigenvalue weighted by molar-refractivity contribution is -0.0920. The molecule has 0 unspecified atom stereocenters. The zero-order chi connectivity index (χ0) is 20.1. The molecule has 2 aliphatic rings. The third-order valence-corrected chi connectivity index (χ3v) is 8.05. The minimum absolute atomic E-state index is 0.327. The minimum atomic E-state index is -3.61. The smallest absolute Gasteiger partial charge is 0.243 e. The molecule has 5 rings (SSSR count). The number of aromatic amines is 1. The van der Waals surface area contributed by atoms with Gasteiger partial charge >= 0.3 is 0 Å². The van der Waals surface area contributed by atoms with E-state index in [4.69, 9.17) is 4.74 Å². The summed E-state index contributed by atoms with van der Waals surface area (Å²) >= 11 is 0. The first-order chi connectivity index (χ1) is 14.0. The topological polar surface area (TPSA) is 93.1 Å². The van der Waals surface area contributed by atoms with Gasteiger partial charge in [0.1, 0.15) is 5.60 Å². The highest BCUT2D eigenvalue weighted by Gasteiger charge is 2.44. The third-order valence-electron chi connectivity index (χ3n) is 6.01. The van der Waals surface area contributed by atoms with Gasteiger partial charge in [-0.2, -0.15) is 14.5 Å². The third kappa shape index (κ3) is 3.00. The molecule has 0 amide bonds. The van der Waals surface area contributed by atoms with E-state index >= 15 is 0 Å². The molecule has 0 atom stereocenters. The van der Waals surface area contributed by atoms with Gasteiger partial charge in [-0.3, -0.25) is 5.10 Å². The number of rotatable bonds is 3. The van der Waals surface area contributed by atoms with Crippen LogP contribution >= 0.6 is 0 Å². The molecule has 0 saturated carbocycles. The second kappa shape index (κ2) is 6.79. The summed E-state index contributed by atoms with van der Waals surface area (Å²) in [5.41, 5.74) is 3.19. The molecule has 9 heteroatoms. The van der Waals surface area contributed by atoms with Crippen molar-refractivity contribution in [1.82, 2.24) is 24.3 Å². The number of aromatic nitrogens is 4. The van der Waals surface area contributed by atoms with E-state index < -0.39 is 15.6 Å². The molecular formula is C20H23N5O3S. The van der Waals surface area contributed by atoms with E-state index in [1.165, 1.54) is 5.56 Å². The standard InChI is InChI=1S/C20H23N5O3S/c1-15-3-4-17(25-9-2-8-22-25)13-18(15)29(26,27)24-10-6-20(7-11-24)19-16(5-12-28-20)14-21-23-19/h2-4,8-9,13-14H,5-7,10-12H2,1H3,(H,21,23). The van der Waals surface area contributed by atoms with E-state index in [0.717, 1.165) is 23.4 Å². The Morgan fingerprint density at radius 1 is 1.24 bits per heavy atom. The summed E-state index contributed by atoms with van der Waals surface area (Å²) < 4.78 is 36.2. The number of fused-ring (bicyclic) bond motifs is 2. The first-order valence-electron chi connectivity index (χ1n) is 9.77. The number of ether oxygens (including phenoxy) is 1. The molecular weight excluding hydrogens is 390 g/mol. The molecule has 1 saturated heterocycles. The molecule has 2 aliphatic heterocycles. The van der Waals surface area contributed by atoms with Crippen LogP contribution in [-0.2, 0) is 26.8 Å². The van der Waals surface area contributed by atoms with Crippen molar-refractivity contribution in [2.45, 2.75) is 36.7 Å². The SMILES string of the molecule is Cc1ccc(-n2cccn2)cc1S(=O)(=O)N1CCC2(CC1)OCCc1cn[nH]c12. The van der Waals surface area contributed by atoms with E-state index in [9.17, 15) is 8.42 Å². The first kappa shape index (κ1) is 18.5. The maximum Gasteiger partial charge on any atom is 0.243 e. The highest BCUT2D eigenvalue weighted by atomic mass is 32.2. The Hall–Kier alpha value is -2.49. The van der Waals surface area contributed by atoms with Gasteiger partial charge in [-0.15, -0.1) is 0 Å². The zero-order valence-electron chi connectivity index (χ0n) is 16.2. The maximum atomic E-state index is 13.4. The van der Waals surface area contributed by atoms with Crippen LogP contribution < -0.4 is 0 Å². The summed E-state index contributed by atoms with van der Waals surface area (Å²) in [7, 11) is -3.61. The molecule has 8 nitrogen and oxygen atoms in total. The Morgan fingerprint density at radius 2 is 2.07 bits per heavy atom. The molecule has 3 aromatic rings. The number of nitrogens with one attached hydrogen (secondary N) is 1. The minimum Gasteiger partial charge on any atom is -0.368 e. The molecule has 29 heavy (non-hydrogen) atoms. The zero-order valence-corrected chi connectivity index (χ0v) is 17.0. The fourth-order valence-corrected chi connectivity index (χ4v) is 6.06. The lowest BCUT2D eigenvalue weighted by atomic mass is 9.84. The van der Waals surface area contributed by atoms with Gasteiger partial charge in [-0.1, -0.05) is 6.07 Å². The highest BCUT2D eigenvalue weighted by Crippen LogP contribution is 2.41. The number of hydrogen-bond donors (Lipinski definition) is 1. The summed E-state index contributed by atoms with van der Waals surface area (Å²) in [6.45, 7) is 3.29. The number of nitrogens with zero attached hydrogens (tertiary/aromatic N) is 4. The quantitative estimate of drug-likeness (QED) is 0.710. The molecule has 0 radical (unpaired) electrons. The van der Waals surface area contributed by atoms with Gasteiger partial charge in [0, 0.05) is 25.5 Å². The normalized spacial score (nSPS) is 19.3. The van der Waals surface area contributed by atoms with Crippen molar-refractivity contribution in [3.8, 4) is 5.69 Å². The van der Waals surface area contributed by atoms with Crippen LogP contribution in [0.4, 0.5) is 0 Å². The molecule has 0 bridgehead atoms. The van der Waals surface area contributed by atoms with Gasteiger partial charge < -0.3 is 4.74 Å². The number of piperidine rings is 1. The van der Waals surface area contributed by atoms with Gasteiger partial charge in [0.2, 0.25) is 10.0 Å². The number of hydrogen-bond acceptors (Lipinski definition) is 5. The van der Waals surface area contributed by atoms with Crippen molar-refractivity contribution in [1.29, 1.82) is 0 Å². The predicted octanol–water partition coefficient (Wildman–Crippen LogP) is 2.16. The average Bonchev–Trinajstić information content (AvgIpc) is 3.41. The van der Waals surface area contributed by atoms with E-state index in [1.807, 2.05) is 31.3 Å². The summed E-state index contributed by atoms with van der Waals surface area (Å²) in [6.07, 6.45) is 7.39. The second-order valence-electron chi connectivity index (χ2n) is 7.67.